The highest BCUT2D eigenvalue weighted by Crippen LogP contribution is 2.26. The van der Waals surface area contributed by atoms with Crippen LogP contribution >= 0.6 is 0 Å². The maximum absolute atomic E-state index is 12.5. The fraction of sp³-hybridized carbons (Fsp3) is 0.750. The van der Waals surface area contributed by atoms with Crippen molar-refractivity contribution in [3.63, 3.8) is 0 Å². The average molecular weight is 292 g/mol. The predicted molar refractivity (Wildman–Crippen MR) is 83.8 cm³/mol. The molecule has 2 rings (SSSR count). The van der Waals surface area contributed by atoms with Gasteiger partial charge in [-0.15, -0.1) is 0 Å². The first-order chi connectivity index (χ1) is 10.1. The van der Waals surface area contributed by atoms with Gasteiger partial charge in [-0.05, 0) is 43.7 Å². The van der Waals surface area contributed by atoms with E-state index in [1.807, 2.05) is 11.0 Å². The number of hydrogen-bond donors (Lipinski definition) is 2. The van der Waals surface area contributed by atoms with Crippen LogP contribution in [0.3, 0.4) is 0 Å². The Kier molecular flexibility index (Phi) is 5.79. The van der Waals surface area contributed by atoms with Gasteiger partial charge in [0.05, 0.1) is 0 Å². The van der Waals surface area contributed by atoms with E-state index < -0.39 is 0 Å². The van der Waals surface area contributed by atoms with Crippen molar-refractivity contribution in [2.45, 2.75) is 45.4 Å². The van der Waals surface area contributed by atoms with E-state index in [9.17, 15) is 4.79 Å². The third-order valence-electron chi connectivity index (χ3n) is 4.34. The summed E-state index contributed by atoms with van der Waals surface area (Å²) >= 11 is 0. The Morgan fingerprint density at radius 3 is 3.00 bits per heavy atom. The topological polar surface area (TPSA) is 75.0 Å². The van der Waals surface area contributed by atoms with Crippen molar-refractivity contribution >= 4 is 5.91 Å². The molecule has 118 valence electrons. The summed E-state index contributed by atoms with van der Waals surface area (Å²) in [6, 6.07) is 2.01. The minimum atomic E-state index is 0.260. The Hall–Kier alpha value is -1.36. The van der Waals surface area contributed by atoms with Gasteiger partial charge in [-0.1, -0.05) is 13.8 Å². The van der Waals surface area contributed by atoms with Crippen molar-refractivity contribution in [2.24, 2.45) is 17.6 Å². The lowest BCUT2D eigenvalue weighted by molar-refractivity contribution is -0.133. The normalized spacial score (nSPS) is 20.8. The summed E-state index contributed by atoms with van der Waals surface area (Å²) in [6.45, 7) is 6.65. The van der Waals surface area contributed by atoms with Crippen LogP contribution in [0.4, 0.5) is 0 Å². The third kappa shape index (κ3) is 4.56. The molecule has 1 aliphatic rings. The Balaban J connectivity index is 1.89. The van der Waals surface area contributed by atoms with E-state index in [0.717, 1.165) is 38.0 Å². The van der Waals surface area contributed by atoms with Gasteiger partial charge >= 0.3 is 0 Å². The van der Waals surface area contributed by atoms with E-state index in [2.05, 4.69) is 24.0 Å². The molecule has 1 aliphatic heterocycles. The Bertz CT molecular complexity index is 429. The van der Waals surface area contributed by atoms with Crippen LogP contribution in [-0.4, -0.2) is 40.6 Å². The second-order valence-electron chi connectivity index (χ2n) is 6.63. The van der Waals surface area contributed by atoms with Crippen LogP contribution in [0.1, 0.15) is 51.1 Å². The van der Waals surface area contributed by atoms with E-state index in [0.29, 0.717) is 30.7 Å². The SMILES string of the molecule is CC(C)CC(CN)CC(=O)N1CCCC(c2ccn[nH]2)C1. The van der Waals surface area contributed by atoms with Gasteiger partial charge in [0.25, 0.3) is 0 Å². The zero-order valence-electron chi connectivity index (χ0n) is 13.2. The molecule has 0 saturated carbocycles. The number of piperidine rings is 1. The maximum atomic E-state index is 12.5. The van der Waals surface area contributed by atoms with Crippen molar-refractivity contribution in [1.82, 2.24) is 15.1 Å². The molecule has 2 atom stereocenters. The van der Waals surface area contributed by atoms with Crippen molar-refractivity contribution in [3.8, 4) is 0 Å². The number of aromatic nitrogens is 2. The first-order valence-corrected chi connectivity index (χ1v) is 8.07. The number of amides is 1. The molecule has 1 fully saturated rings. The minimum Gasteiger partial charge on any atom is -0.342 e. The van der Waals surface area contributed by atoms with Crippen molar-refractivity contribution in [3.05, 3.63) is 18.0 Å². The van der Waals surface area contributed by atoms with Gasteiger partial charge in [-0.2, -0.15) is 5.10 Å². The number of rotatable bonds is 6. The Labute approximate surface area is 127 Å². The molecule has 1 amide bonds. The average Bonchev–Trinajstić information content (AvgIpc) is 3.00. The molecular weight excluding hydrogens is 264 g/mol. The van der Waals surface area contributed by atoms with E-state index in [-0.39, 0.29) is 5.91 Å². The van der Waals surface area contributed by atoms with Gasteiger partial charge in [-0.3, -0.25) is 9.89 Å². The standard InChI is InChI=1S/C16H28N4O/c1-12(2)8-13(10-17)9-16(21)20-7-3-4-14(11-20)15-5-6-18-19-15/h5-6,12-14H,3-4,7-11,17H2,1-2H3,(H,18,19). The largest absolute Gasteiger partial charge is 0.342 e. The third-order valence-corrected chi connectivity index (χ3v) is 4.34. The van der Waals surface area contributed by atoms with E-state index in [1.54, 1.807) is 6.20 Å². The molecule has 5 nitrogen and oxygen atoms in total. The van der Waals surface area contributed by atoms with Gasteiger partial charge < -0.3 is 10.6 Å². The molecule has 0 radical (unpaired) electrons. The fourth-order valence-corrected chi connectivity index (χ4v) is 3.26. The smallest absolute Gasteiger partial charge is 0.222 e. The van der Waals surface area contributed by atoms with Crippen molar-refractivity contribution in [2.75, 3.05) is 19.6 Å². The predicted octanol–water partition coefficient (Wildman–Crippen LogP) is 2.13. The summed E-state index contributed by atoms with van der Waals surface area (Å²) in [5.41, 5.74) is 6.96. The molecule has 0 aliphatic carbocycles. The molecule has 2 unspecified atom stereocenters. The van der Waals surface area contributed by atoms with Crippen LogP contribution in [0.25, 0.3) is 0 Å². The van der Waals surface area contributed by atoms with Crippen LogP contribution in [0, 0.1) is 11.8 Å². The summed E-state index contributed by atoms with van der Waals surface area (Å²) in [7, 11) is 0. The number of nitrogens with two attached hydrogens (primary N) is 1. The second-order valence-corrected chi connectivity index (χ2v) is 6.63. The number of carbonyl (C=O) groups excluding carboxylic acids is 1. The lowest BCUT2D eigenvalue weighted by atomic mass is 9.91. The molecule has 1 aromatic rings. The molecule has 1 saturated heterocycles. The number of carbonyl (C=O) groups is 1. The monoisotopic (exact) mass is 292 g/mol. The highest BCUT2D eigenvalue weighted by Gasteiger charge is 2.26. The summed E-state index contributed by atoms with van der Waals surface area (Å²) in [4.78, 5) is 14.5. The van der Waals surface area contributed by atoms with Crippen LogP contribution in [0.15, 0.2) is 12.3 Å². The Morgan fingerprint density at radius 2 is 2.38 bits per heavy atom. The summed E-state index contributed by atoms with van der Waals surface area (Å²) < 4.78 is 0. The summed E-state index contributed by atoms with van der Waals surface area (Å²) in [6.07, 6.45) is 5.58. The summed E-state index contributed by atoms with van der Waals surface area (Å²) in [5, 5.41) is 7.05. The lowest BCUT2D eigenvalue weighted by Crippen LogP contribution is -2.40. The first kappa shape index (κ1) is 16.0. The second kappa shape index (κ2) is 7.59. The number of H-pyrrole nitrogens is 1. The van der Waals surface area contributed by atoms with Crippen molar-refractivity contribution < 1.29 is 4.79 Å². The van der Waals surface area contributed by atoms with Gasteiger partial charge in [0.15, 0.2) is 0 Å². The molecule has 21 heavy (non-hydrogen) atoms. The zero-order valence-corrected chi connectivity index (χ0v) is 13.2. The highest BCUT2D eigenvalue weighted by molar-refractivity contribution is 5.76. The first-order valence-electron chi connectivity index (χ1n) is 8.07. The molecule has 0 bridgehead atoms. The number of hydrogen-bond acceptors (Lipinski definition) is 3. The molecule has 2 heterocycles. The van der Waals surface area contributed by atoms with E-state index >= 15 is 0 Å². The van der Waals surface area contributed by atoms with Crippen LogP contribution in [0.2, 0.25) is 0 Å². The lowest BCUT2D eigenvalue weighted by Gasteiger charge is -2.33. The van der Waals surface area contributed by atoms with Crippen molar-refractivity contribution in [1.29, 1.82) is 0 Å². The maximum Gasteiger partial charge on any atom is 0.222 e. The molecule has 5 heteroatoms. The molecule has 0 aromatic carbocycles. The van der Waals surface area contributed by atoms with Gasteiger partial charge in [0.1, 0.15) is 0 Å². The Morgan fingerprint density at radius 1 is 1.57 bits per heavy atom. The van der Waals surface area contributed by atoms with E-state index in [4.69, 9.17) is 5.73 Å². The van der Waals surface area contributed by atoms with Crippen LogP contribution in [0.5, 0.6) is 0 Å². The molecular formula is C16H28N4O. The summed E-state index contributed by atoms with van der Waals surface area (Å²) in [5.74, 6) is 1.55. The molecule has 0 spiro atoms. The number of nitrogens with zero attached hydrogens (tertiary/aromatic N) is 2. The van der Waals surface area contributed by atoms with Gasteiger partial charge in [-0.25, -0.2) is 0 Å². The fourth-order valence-electron chi connectivity index (χ4n) is 3.26. The molecule has 3 N–H and O–H groups in total. The quantitative estimate of drug-likeness (QED) is 0.843. The van der Waals surface area contributed by atoms with Crippen LogP contribution in [-0.2, 0) is 4.79 Å². The zero-order chi connectivity index (χ0) is 15.2. The van der Waals surface area contributed by atoms with Gasteiger partial charge in [0, 0.05) is 37.3 Å². The number of aromatic amines is 1. The van der Waals surface area contributed by atoms with Crippen LogP contribution < -0.4 is 5.73 Å². The number of likely N-dealkylation sites (tertiary alicyclic amines) is 1. The highest BCUT2D eigenvalue weighted by atomic mass is 16.2. The minimum absolute atomic E-state index is 0.260. The molecule has 1 aromatic heterocycles. The number of nitrogens with one attached hydrogen (secondary N) is 1. The van der Waals surface area contributed by atoms with Gasteiger partial charge in [0.2, 0.25) is 5.91 Å². The van der Waals surface area contributed by atoms with E-state index in [1.165, 1.54) is 0 Å².